The number of benzene rings is 3. The van der Waals surface area contributed by atoms with E-state index < -0.39 is 0 Å². The zero-order chi connectivity index (χ0) is 17.6. The third kappa shape index (κ3) is 4.91. The standard InChI is InChI=1S/C22H20O2S/c23-20-11-14-22(24)19(15-20)10-7-17-4-1-16(2-5-17)3-6-18-8-12-21(25)13-9-18/h1-6,8-9,11-15,23-25H,7,10H2/p-1/b6-3+. The lowest BCUT2D eigenvalue weighted by atomic mass is 10.0. The Morgan fingerprint density at radius 2 is 1.40 bits per heavy atom. The molecule has 0 saturated carbocycles. The average Bonchev–Trinajstić information content (AvgIpc) is 2.63. The van der Waals surface area contributed by atoms with Crippen molar-refractivity contribution in [2.45, 2.75) is 17.7 Å². The minimum Gasteiger partial charge on any atom is -0.872 e. The Balaban J connectivity index is 1.62. The lowest BCUT2D eigenvalue weighted by molar-refractivity contribution is -0.269. The van der Waals surface area contributed by atoms with E-state index in [4.69, 9.17) is 0 Å². The molecule has 0 saturated heterocycles. The molecule has 0 bridgehead atoms. The topological polar surface area (TPSA) is 43.3 Å². The van der Waals surface area contributed by atoms with Crippen LogP contribution in [0, 0.1) is 0 Å². The van der Waals surface area contributed by atoms with Gasteiger partial charge in [0.25, 0.3) is 0 Å². The largest absolute Gasteiger partial charge is 0.872 e. The molecule has 0 unspecified atom stereocenters. The molecule has 0 aliphatic rings. The molecule has 0 radical (unpaired) electrons. The summed E-state index contributed by atoms with van der Waals surface area (Å²) < 4.78 is 0. The zero-order valence-electron chi connectivity index (χ0n) is 13.7. The summed E-state index contributed by atoms with van der Waals surface area (Å²) in [4.78, 5) is 0.953. The number of hydrogen-bond donors (Lipinski definition) is 2. The van der Waals surface area contributed by atoms with Gasteiger partial charge in [-0.3, -0.25) is 0 Å². The van der Waals surface area contributed by atoms with Crippen LogP contribution in [0.4, 0.5) is 0 Å². The normalized spacial score (nSPS) is 11.1. The number of rotatable bonds is 5. The van der Waals surface area contributed by atoms with Crippen molar-refractivity contribution in [3.05, 3.63) is 89.0 Å². The van der Waals surface area contributed by atoms with Crippen molar-refractivity contribution >= 4 is 24.8 Å². The fourth-order valence-corrected chi connectivity index (χ4v) is 2.76. The number of aromatic hydroxyl groups is 1. The quantitative estimate of drug-likeness (QED) is 0.518. The van der Waals surface area contributed by atoms with E-state index in [1.165, 1.54) is 17.7 Å². The Morgan fingerprint density at radius 3 is 2.04 bits per heavy atom. The summed E-state index contributed by atoms with van der Waals surface area (Å²) >= 11 is 4.28. The summed E-state index contributed by atoms with van der Waals surface area (Å²) in [5.74, 6) is 0.116. The van der Waals surface area contributed by atoms with Crippen molar-refractivity contribution in [2.75, 3.05) is 0 Å². The van der Waals surface area contributed by atoms with Crippen LogP contribution in [0.3, 0.4) is 0 Å². The van der Waals surface area contributed by atoms with Crippen molar-refractivity contribution < 1.29 is 10.2 Å². The first-order valence-corrected chi connectivity index (χ1v) is 8.60. The zero-order valence-corrected chi connectivity index (χ0v) is 14.6. The maximum atomic E-state index is 11.8. The fraction of sp³-hybridized carbons (Fsp3) is 0.0909. The Bertz CT molecular complexity index is 866. The van der Waals surface area contributed by atoms with E-state index in [9.17, 15) is 10.2 Å². The number of thiol groups is 1. The van der Waals surface area contributed by atoms with Crippen LogP contribution in [0.1, 0.15) is 22.3 Å². The van der Waals surface area contributed by atoms with Gasteiger partial charge in [-0.2, -0.15) is 0 Å². The van der Waals surface area contributed by atoms with Crippen LogP contribution < -0.4 is 5.11 Å². The summed E-state index contributed by atoms with van der Waals surface area (Å²) in [6.07, 6.45) is 5.53. The van der Waals surface area contributed by atoms with Crippen LogP contribution in [0.15, 0.2) is 71.6 Å². The van der Waals surface area contributed by atoms with Gasteiger partial charge in [0.05, 0.1) is 0 Å². The van der Waals surface area contributed by atoms with Gasteiger partial charge in [0.1, 0.15) is 5.75 Å². The number of phenols is 1. The van der Waals surface area contributed by atoms with E-state index in [-0.39, 0.29) is 11.5 Å². The van der Waals surface area contributed by atoms with Gasteiger partial charge < -0.3 is 10.2 Å². The summed E-state index contributed by atoms with van der Waals surface area (Å²) in [5, 5.41) is 21.3. The number of phenolic OH excluding ortho intramolecular Hbond substituents is 1. The van der Waals surface area contributed by atoms with E-state index in [0.717, 1.165) is 22.4 Å². The highest BCUT2D eigenvalue weighted by Crippen LogP contribution is 2.21. The van der Waals surface area contributed by atoms with Crippen molar-refractivity contribution in [1.82, 2.24) is 0 Å². The first-order valence-electron chi connectivity index (χ1n) is 8.15. The van der Waals surface area contributed by atoms with E-state index in [1.54, 1.807) is 6.07 Å². The first kappa shape index (κ1) is 17.2. The highest BCUT2D eigenvalue weighted by atomic mass is 32.1. The maximum Gasteiger partial charge on any atom is 0.115 e. The van der Waals surface area contributed by atoms with Crippen LogP contribution in [-0.4, -0.2) is 5.11 Å². The molecule has 3 heteroatoms. The SMILES string of the molecule is [O-]c1ccc(O)cc1CCc1ccc(/C=C/c2ccc(S)cc2)cc1. The van der Waals surface area contributed by atoms with Crippen molar-refractivity contribution in [1.29, 1.82) is 0 Å². The van der Waals surface area contributed by atoms with E-state index in [1.807, 2.05) is 24.3 Å². The van der Waals surface area contributed by atoms with Crippen LogP contribution in [0.5, 0.6) is 11.5 Å². The molecule has 0 aliphatic heterocycles. The predicted octanol–water partition coefficient (Wildman–Crippen LogP) is 4.71. The Morgan fingerprint density at radius 1 is 0.800 bits per heavy atom. The number of aryl methyl sites for hydroxylation is 2. The second-order valence-corrected chi connectivity index (χ2v) is 6.47. The summed E-state index contributed by atoms with van der Waals surface area (Å²) in [6, 6.07) is 20.7. The van der Waals surface area contributed by atoms with Crippen molar-refractivity contribution in [3.8, 4) is 11.5 Å². The van der Waals surface area contributed by atoms with Crippen LogP contribution in [-0.2, 0) is 12.8 Å². The number of hydrogen-bond acceptors (Lipinski definition) is 3. The van der Waals surface area contributed by atoms with Crippen molar-refractivity contribution in [2.24, 2.45) is 0 Å². The molecular weight excluding hydrogens is 328 g/mol. The van der Waals surface area contributed by atoms with Gasteiger partial charge in [0.15, 0.2) is 0 Å². The molecule has 0 atom stereocenters. The van der Waals surface area contributed by atoms with E-state index >= 15 is 0 Å². The predicted molar refractivity (Wildman–Crippen MR) is 104 cm³/mol. The average molecular weight is 347 g/mol. The van der Waals surface area contributed by atoms with Crippen LogP contribution in [0.25, 0.3) is 12.2 Å². The Kier molecular flexibility index (Phi) is 5.46. The van der Waals surface area contributed by atoms with Gasteiger partial charge >= 0.3 is 0 Å². The third-order valence-electron chi connectivity index (χ3n) is 4.07. The Labute approximate surface area is 153 Å². The Hall–Kier alpha value is -2.65. The van der Waals surface area contributed by atoms with Gasteiger partial charge in [0, 0.05) is 4.90 Å². The van der Waals surface area contributed by atoms with Gasteiger partial charge in [-0.15, -0.1) is 18.4 Å². The summed E-state index contributed by atoms with van der Waals surface area (Å²) in [6.45, 7) is 0. The molecule has 126 valence electrons. The maximum absolute atomic E-state index is 11.8. The molecule has 3 aromatic rings. The fourth-order valence-electron chi connectivity index (χ4n) is 2.61. The van der Waals surface area contributed by atoms with Gasteiger partial charge in [-0.05, 0) is 53.8 Å². The molecule has 2 nitrogen and oxygen atoms in total. The molecule has 3 rings (SSSR count). The van der Waals surface area contributed by atoms with Gasteiger partial charge in [-0.25, -0.2) is 0 Å². The highest BCUT2D eigenvalue weighted by Gasteiger charge is 1.99. The second kappa shape index (κ2) is 7.95. The third-order valence-corrected chi connectivity index (χ3v) is 4.37. The first-order chi connectivity index (χ1) is 12.1. The molecule has 0 aliphatic carbocycles. The smallest absolute Gasteiger partial charge is 0.115 e. The van der Waals surface area contributed by atoms with Crippen molar-refractivity contribution in [3.63, 3.8) is 0 Å². The van der Waals surface area contributed by atoms with Gasteiger partial charge in [-0.1, -0.05) is 60.2 Å². The molecular formula is C22H19O2S-. The second-order valence-electron chi connectivity index (χ2n) is 5.96. The molecule has 0 aromatic heterocycles. The molecule has 25 heavy (non-hydrogen) atoms. The minimum absolute atomic E-state index is 0.0235. The lowest BCUT2D eigenvalue weighted by Crippen LogP contribution is -1.98. The minimum atomic E-state index is -0.0235. The van der Waals surface area contributed by atoms with Crippen LogP contribution >= 0.6 is 12.6 Å². The monoisotopic (exact) mass is 347 g/mol. The highest BCUT2D eigenvalue weighted by molar-refractivity contribution is 7.80. The molecule has 0 amide bonds. The van der Waals surface area contributed by atoms with E-state index in [2.05, 4.69) is 49.0 Å². The van der Waals surface area contributed by atoms with Crippen LogP contribution in [0.2, 0.25) is 0 Å². The molecule has 0 spiro atoms. The molecule has 3 aromatic carbocycles. The molecule has 0 fully saturated rings. The molecule has 1 N–H and O–H groups in total. The molecule has 0 heterocycles. The summed E-state index contributed by atoms with van der Waals surface area (Å²) in [7, 11) is 0. The summed E-state index contributed by atoms with van der Waals surface area (Å²) in [5.41, 5.74) is 4.07. The van der Waals surface area contributed by atoms with Gasteiger partial charge in [0.2, 0.25) is 0 Å². The lowest BCUT2D eigenvalue weighted by Gasteiger charge is -2.13. The van der Waals surface area contributed by atoms with E-state index in [0.29, 0.717) is 12.0 Å².